The molecular formula is C19H20N2O3. The number of hydrogen-bond donors (Lipinski definition) is 0. The van der Waals surface area contributed by atoms with Crippen molar-refractivity contribution in [1.29, 1.82) is 0 Å². The number of hydrogen-bond acceptors (Lipinski definition) is 5. The van der Waals surface area contributed by atoms with Crippen LogP contribution in [0, 0.1) is 0 Å². The molecule has 0 N–H and O–H groups in total. The second kappa shape index (κ2) is 7.17. The number of para-hydroxylation sites is 1. The molecule has 0 fully saturated rings. The highest BCUT2D eigenvalue weighted by Gasteiger charge is 2.31. The minimum absolute atomic E-state index is 0.267. The van der Waals surface area contributed by atoms with E-state index >= 15 is 0 Å². The Hall–Kier alpha value is -2.82. The zero-order valence-electron chi connectivity index (χ0n) is 13.8. The first-order valence-corrected chi connectivity index (χ1v) is 7.87. The quantitative estimate of drug-likeness (QED) is 0.810. The van der Waals surface area contributed by atoms with E-state index in [1.807, 2.05) is 54.6 Å². The second-order valence-corrected chi connectivity index (χ2v) is 5.53. The van der Waals surface area contributed by atoms with Crippen molar-refractivity contribution < 1.29 is 14.3 Å². The van der Waals surface area contributed by atoms with Gasteiger partial charge in [-0.15, -0.1) is 0 Å². The maximum Gasteiger partial charge on any atom is 0.330 e. The summed E-state index contributed by atoms with van der Waals surface area (Å²) in [4.78, 5) is 12.1. The molecule has 24 heavy (non-hydrogen) atoms. The number of rotatable bonds is 4. The molecule has 124 valence electrons. The standard InChI is InChI=1S/C19H20N2O3/c1-23-16-10-8-14(9-11-16)17-12-13-18(19(22)24-2)21(20-17)15-6-4-3-5-7-15/h3-11,18H,12-13H2,1-2H3. The van der Waals surface area contributed by atoms with Gasteiger partial charge in [0.2, 0.25) is 0 Å². The van der Waals surface area contributed by atoms with E-state index in [1.54, 1.807) is 12.1 Å². The Balaban J connectivity index is 1.96. The van der Waals surface area contributed by atoms with Gasteiger partial charge in [-0.05, 0) is 54.8 Å². The zero-order chi connectivity index (χ0) is 16.9. The lowest BCUT2D eigenvalue weighted by atomic mass is 10.00. The van der Waals surface area contributed by atoms with E-state index in [2.05, 4.69) is 0 Å². The summed E-state index contributed by atoms with van der Waals surface area (Å²) in [5, 5.41) is 6.50. The van der Waals surface area contributed by atoms with Crippen LogP contribution in [0.2, 0.25) is 0 Å². The smallest absolute Gasteiger partial charge is 0.330 e. The summed E-state index contributed by atoms with van der Waals surface area (Å²) >= 11 is 0. The van der Waals surface area contributed by atoms with Crippen LogP contribution in [0.1, 0.15) is 18.4 Å². The summed E-state index contributed by atoms with van der Waals surface area (Å²) in [7, 11) is 3.05. The molecule has 0 amide bonds. The average Bonchev–Trinajstić information content (AvgIpc) is 2.67. The van der Waals surface area contributed by atoms with Gasteiger partial charge in [0, 0.05) is 0 Å². The van der Waals surface area contributed by atoms with Gasteiger partial charge in [-0.2, -0.15) is 5.10 Å². The third-order valence-corrected chi connectivity index (χ3v) is 4.10. The number of hydrazone groups is 1. The van der Waals surface area contributed by atoms with E-state index in [9.17, 15) is 4.79 Å². The second-order valence-electron chi connectivity index (χ2n) is 5.53. The first kappa shape index (κ1) is 16.1. The highest BCUT2D eigenvalue weighted by atomic mass is 16.5. The maximum atomic E-state index is 12.1. The minimum Gasteiger partial charge on any atom is -0.497 e. The topological polar surface area (TPSA) is 51.1 Å². The number of nitrogens with zero attached hydrogens (tertiary/aromatic N) is 2. The van der Waals surface area contributed by atoms with Gasteiger partial charge in [0.15, 0.2) is 6.04 Å². The molecule has 0 radical (unpaired) electrons. The van der Waals surface area contributed by atoms with E-state index in [0.29, 0.717) is 6.42 Å². The zero-order valence-corrected chi connectivity index (χ0v) is 13.8. The minimum atomic E-state index is -0.403. The van der Waals surface area contributed by atoms with Crippen molar-refractivity contribution in [3.05, 3.63) is 60.2 Å². The van der Waals surface area contributed by atoms with Gasteiger partial charge in [-0.1, -0.05) is 18.2 Å². The van der Waals surface area contributed by atoms with Crippen LogP contribution in [0.4, 0.5) is 5.69 Å². The fourth-order valence-electron chi connectivity index (χ4n) is 2.80. The van der Waals surface area contributed by atoms with Crippen LogP contribution >= 0.6 is 0 Å². The van der Waals surface area contributed by atoms with Gasteiger partial charge < -0.3 is 9.47 Å². The van der Waals surface area contributed by atoms with Crippen molar-refractivity contribution in [2.24, 2.45) is 5.10 Å². The number of carbonyl (C=O) groups is 1. The fourth-order valence-corrected chi connectivity index (χ4v) is 2.80. The average molecular weight is 324 g/mol. The molecule has 3 rings (SSSR count). The molecular weight excluding hydrogens is 304 g/mol. The number of ether oxygens (including phenoxy) is 2. The molecule has 0 saturated heterocycles. The molecule has 0 spiro atoms. The van der Waals surface area contributed by atoms with E-state index in [-0.39, 0.29) is 5.97 Å². The lowest BCUT2D eigenvalue weighted by Crippen LogP contribution is -2.42. The van der Waals surface area contributed by atoms with Crippen LogP contribution in [0.25, 0.3) is 0 Å². The SMILES string of the molecule is COC(=O)C1CCC(c2ccc(OC)cc2)=NN1c1ccccc1. The van der Waals surface area contributed by atoms with Gasteiger partial charge >= 0.3 is 5.97 Å². The van der Waals surface area contributed by atoms with E-state index in [4.69, 9.17) is 14.6 Å². The lowest BCUT2D eigenvalue weighted by molar-refractivity contribution is -0.142. The van der Waals surface area contributed by atoms with Gasteiger partial charge in [0.1, 0.15) is 5.75 Å². The normalized spacial score (nSPS) is 17.2. The summed E-state index contributed by atoms with van der Waals surface area (Å²) < 4.78 is 10.1. The summed E-state index contributed by atoms with van der Waals surface area (Å²) in [5.74, 6) is 0.541. The van der Waals surface area contributed by atoms with Crippen LogP contribution in [-0.4, -0.2) is 31.9 Å². The number of anilines is 1. The van der Waals surface area contributed by atoms with Gasteiger partial charge in [-0.25, -0.2) is 4.79 Å². The Morgan fingerprint density at radius 2 is 1.79 bits per heavy atom. The Bertz CT molecular complexity index is 726. The van der Waals surface area contributed by atoms with Gasteiger partial charge in [0.05, 0.1) is 25.6 Å². The molecule has 1 atom stereocenters. The Kier molecular flexibility index (Phi) is 4.79. The first-order valence-electron chi connectivity index (χ1n) is 7.87. The van der Waals surface area contributed by atoms with Crippen molar-refractivity contribution in [2.45, 2.75) is 18.9 Å². The Morgan fingerprint density at radius 3 is 2.42 bits per heavy atom. The molecule has 1 aliphatic rings. The number of esters is 1. The molecule has 5 heteroatoms. The fraction of sp³-hybridized carbons (Fsp3) is 0.263. The van der Waals surface area contributed by atoms with Crippen LogP contribution < -0.4 is 9.75 Å². The molecule has 2 aromatic rings. The van der Waals surface area contributed by atoms with Gasteiger partial charge in [0.25, 0.3) is 0 Å². The van der Waals surface area contributed by atoms with Crippen molar-refractivity contribution in [2.75, 3.05) is 19.2 Å². The molecule has 1 heterocycles. The number of benzene rings is 2. The molecule has 5 nitrogen and oxygen atoms in total. The van der Waals surface area contributed by atoms with Crippen molar-refractivity contribution in [1.82, 2.24) is 0 Å². The monoisotopic (exact) mass is 324 g/mol. The molecule has 0 aromatic heterocycles. The number of methoxy groups -OCH3 is 2. The van der Waals surface area contributed by atoms with Gasteiger partial charge in [-0.3, -0.25) is 5.01 Å². The summed E-state index contributed by atoms with van der Waals surface area (Å²) in [6.45, 7) is 0. The molecule has 1 aliphatic heterocycles. The third-order valence-electron chi connectivity index (χ3n) is 4.10. The predicted molar refractivity (Wildman–Crippen MR) is 93.5 cm³/mol. The lowest BCUT2D eigenvalue weighted by Gasteiger charge is -2.32. The molecule has 0 saturated carbocycles. The van der Waals surface area contributed by atoms with Crippen molar-refractivity contribution in [3.8, 4) is 5.75 Å². The first-order chi connectivity index (χ1) is 11.7. The van der Waals surface area contributed by atoms with Crippen LogP contribution in [0.5, 0.6) is 5.75 Å². The number of carbonyl (C=O) groups excluding carboxylic acids is 1. The summed E-state index contributed by atoms with van der Waals surface area (Å²) in [6, 6.07) is 17.1. The molecule has 0 aliphatic carbocycles. The van der Waals surface area contributed by atoms with E-state index < -0.39 is 6.04 Å². The predicted octanol–water partition coefficient (Wildman–Crippen LogP) is 3.24. The van der Waals surface area contributed by atoms with Crippen LogP contribution in [-0.2, 0) is 9.53 Å². The van der Waals surface area contributed by atoms with Crippen molar-refractivity contribution >= 4 is 17.4 Å². The molecule has 0 bridgehead atoms. The third kappa shape index (κ3) is 3.25. The maximum absolute atomic E-state index is 12.1. The summed E-state index contributed by atoms with van der Waals surface area (Å²) in [6.07, 6.45) is 1.38. The summed E-state index contributed by atoms with van der Waals surface area (Å²) in [5.41, 5.74) is 2.85. The highest BCUT2D eigenvalue weighted by Crippen LogP contribution is 2.27. The van der Waals surface area contributed by atoms with Crippen molar-refractivity contribution in [3.63, 3.8) is 0 Å². The van der Waals surface area contributed by atoms with E-state index in [1.165, 1.54) is 7.11 Å². The van der Waals surface area contributed by atoms with Crippen LogP contribution in [0.15, 0.2) is 59.7 Å². The van der Waals surface area contributed by atoms with Crippen LogP contribution in [0.3, 0.4) is 0 Å². The molecule has 1 unspecified atom stereocenters. The van der Waals surface area contributed by atoms with E-state index in [0.717, 1.165) is 29.1 Å². The molecule has 2 aromatic carbocycles. The Labute approximate surface area is 141 Å². The Morgan fingerprint density at radius 1 is 1.08 bits per heavy atom. The highest BCUT2D eigenvalue weighted by molar-refractivity contribution is 6.02. The largest absolute Gasteiger partial charge is 0.497 e.